The summed E-state index contributed by atoms with van der Waals surface area (Å²) in [4.78, 5) is 6.65. The van der Waals surface area contributed by atoms with Crippen LogP contribution in [0.4, 0.5) is 0 Å². The molecule has 0 saturated carbocycles. The Balaban J connectivity index is 1.76. The van der Waals surface area contributed by atoms with Gasteiger partial charge in [0.1, 0.15) is 5.75 Å². The third kappa shape index (κ3) is 2.97. The molecule has 6 heteroatoms. The first-order chi connectivity index (χ1) is 10.7. The summed E-state index contributed by atoms with van der Waals surface area (Å²) in [6, 6.07) is 2.25. The highest BCUT2D eigenvalue weighted by Crippen LogP contribution is 2.33. The SMILES string of the molecule is COc1ccncc1CN1CCC[C@H](c2nnc(C)o2)[C@@H]1C. The number of aromatic nitrogens is 3. The molecule has 1 fully saturated rings. The molecule has 1 saturated heterocycles. The summed E-state index contributed by atoms with van der Waals surface area (Å²) >= 11 is 0. The molecule has 2 aromatic heterocycles. The molecule has 0 bridgehead atoms. The molecule has 0 unspecified atom stereocenters. The zero-order valence-electron chi connectivity index (χ0n) is 13.3. The Labute approximate surface area is 130 Å². The molecule has 6 nitrogen and oxygen atoms in total. The lowest BCUT2D eigenvalue weighted by atomic mass is 9.90. The summed E-state index contributed by atoms with van der Waals surface area (Å²) in [7, 11) is 1.70. The number of ether oxygens (including phenoxy) is 1. The highest BCUT2D eigenvalue weighted by atomic mass is 16.5. The summed E-state index contributed by atoms with van der Waals surface area (Å²) < 4.78 is 11.1. The molecule has 0 aliphatic carbocycles. The molecule has 0 N–H and O–H groups in total. The molecule has 0 radical (unpaired) electrons. The first kappa shape index (κ1) is 15.0. The van der Waals surface area contributed by atoms with Gasteiger partial charge in [-0.25, -0.2) is 0 Å². The molecule has 1 aliphatic heterocycles. The summed E-state index contributed by atoms with van der Waals surface area (Å²) in [5.41, 5.74) is 1.11. The second kappa shape index (κ2) is 6.44. The average Bonchev–Trinajstić information content (AvgIpc) is 2.96. The van der Waals surface area contributed by atoms with Crippen LogP contribution in [0.3, 0.4) is 0 Å². The van der Waals surface area contributed by atoms with Gasteiger partial charge in [0.25, 0.3) is 0 Å². The molecule has 22 heavy (non-hydrogen) atoms. The summed E-state index contributed by atoms with van der Waals surface area (Å²) in [5, 5.41) is 8.18. The first-order valence-corrected chi connectivity index (χ1v) is 7.70. The smallest absolute Gasteiger partial charge is 0.221 e. The van der Waals surface area contributed by atoms with E-state index in [1.807, 2.05) is 19.2 Å². The molecule has 0 aromatic carbocycles. The molecule has 118 valence electrons. The minimum Gasteiger partial charge on any atom is -0.496 e. The second-order valence-corrected chi connectivity index (χ2v) is 5.81. The van der Waals surface area contributed by atoms with Crippen LogP contribution in [-0.2, 0) is 6.54 Å². The van der Waals surface area contributed by atoms with Crippen molar-refractivity contribution in [1.82, 2.24) is 20.1 Å². The van der Waals surface area contributed by atoms with Crippen LogP contribution in [0.1, 0.15) is 43.0 Å². The van der Waals surface area contributed by atoms with Gasteiger partial charge in [0, 0.05) is 37.5 Å². The van der Waals surface area contributed by atoms with Gasteiger partial charge in [-0.15, -0.1) is 10.2 Å². The third-order valence-corrected chi connectivity index (χ3v) is 4.43. The van der Waals surface area contributed by atoms with Crippen molar-refractivity contribution in [2.75, 3.05) is 13.7 Å². The fraction of sp³-hybridized carbons (Fsp3) is 0.562. The van der Waals surface area contributed by atoms with Crippen LogP contribution >= 0.6 is 0 Å². The van der Waals surface area contributed by atoms with E-state index in [0.29, 0.717) is 11.9 Å². The summed E-state index contributed by atoms with van der Waals surface area (Å²) in [5.74, 6) is 2.57. The van der Waals surface area contributed by atoms with Gasteiger partial charge in [-0.05, 0) is 32.4 Å². The number of hydrogen-bond acceptors (Lipinski definition) is 6. The van der Waals surface area contributed by atoms with E-state index < -0.39 is 0 Å². The normalized spacial score (nSPS) is 22.7. The van der Waals surface area contributed by atoms with E-state index in [1.165, 1.54) is 0 Å². The minimum atomic E-state index is 0.289. The van der Waals surface area contributed by atoms with Gasteiger partial charge in [0.15, 0.2) is 0 Å². The second-order valence-electron chi connectivity index (χ2n) is 5.81. The molecule has 1 aliphatic rings. The monoisotopic (exact) mass is 302 g/mol. The highest BCUT2D eigenvalue weighted by Gasteiger charge is 2.32. The van der Waals surface area contributed by atoms with Gasteiger partial charge in [-0.2, -0.15) is 0 Å². The minimum absolute atomic E-state index is 0.289. The third-order valence-electron chi connectivity index (χ3n) is 4.43. The maximum Gasteiger partial charge on any atom is 0.221 e. The lowest BCUT2D eigenvalue weighted by Crippen LogP contribution is -2.41. The Bertz CT molecular complexity index is 628. The predicted octanol–water partition coefficient (Wildman–Crippen LogP) is 2.55. The number of likely N-dealkylation sites (tertiary alicyclic amines) is 1. The lowest BCUT2D eigenvalue weighted by Gasteiger charge is -2.38. The van der Waals surface area contributed by atoms with Gasteiger partial charge >= 0.3 is 0 Å². The first-order valence-electron chi connectivity index (χ1n) is 7.70. The molecular weight excluding hydrogens is 280 g/mol. The highest BCUT2D eigenvalue weighted by molar-refractivity contribution is 5.30. The van der Waals surface area contributed by atoms with Crippen LogP contribution in [0.15, 0.2) is 22.9 Å². The largest absolute Gasteiger partial charge is 0.496 e. The average molecular weight is 302 g/mol. The topological polar surface area (TPSA) is 64.3 Å². The Kier molecular flexibility index (Phi) is 4.38. The standard InChI is InChI=1S/C16H22N4O2/c1-11-14(16-19-18-12(2)22-16)5-4-8-20(11)10-13-9-17-7-6-15(13)21-3/h6-7,9,11,14H,4-5,8,10H2,1-3H3/t11-,14-/m0/s1. The number of rotatable bonds is 4. The van der Waals surface area contributed by atoms with Crippen LogP contribution in [0.2, 0.25) is 0 Å². The summed E-state index contributed by atoms with van der Waals surface area (Å²) in [6.07, 6.45) is 5.85. The molecule has 3 rings (SSSR count). The van der Waals surface area contributed by atoms with E-state index in [4.69, 9.17) is 9.15 Å². The number of nitrogens with zero attached hydrogens (tertiary/aromatic N) is 4. The molecular formula is C16H22N4O2. The van der Waals surface area contributed by atoms with Gasteiger partial charge in [-0.1, -0.05) is 0 Å². The Morgan fingerprint density at radius 2 is 2.27 bits per heavy atom. The number of methoxy groups -OCH3 is 1. The fourth-order valence-corrected chi connectivity index (χ4v) is 3.18. The van der Waals surface area contributed by atoms with Crippen LogP contribution in [0.5, 0.6) is 5.75 Å². The van der Waals surface area contributed by atoms with Gasteiger partial charge < -0.3 is 9.15 Å². The van der Waals surface area contributed by atoms with Gasteiger partial charge in [0.2, 0.25) is 11.8 Å². The maximum absolute atomic E-state index is 5.65. The maximum atomic E-state index is 5.65. The molecule has 0 spiro atoms. The zero-order valence-corrected chi connectivity index (χ0v) is 13.3. The van der Waals surface area contributed by atoms with Crippen molar-refractivity contribution >= 4 is 0 Å². The van der Waals surface area contributed by atoms with Crippen molar-refractivity contribution in [1.29, 1.82) is 0 Å². The van der Waals surface area contributed by atoms with Crippen molar-refractivity contribution in [2.45, 2.75) is 45.2 Å². The van der Waals surface area contributed by atoms with Crippen molar-refractivity contribution < 1.29 is 9.15 Å². The van der Waals surface area contributed by atoms with E-state index >= 15 is 0 Å². The van der Waals surface area contributed by atoms with E-state index in [0.717, 1.165) is 43.1 Å². The van der Waals surface area contributed by atoms with Crippen molar-refractivity contribution in [3.63, 3.8) is 0 Å². The van der Waals surface area contributed by atoms with Crippen LogP contribution in [-0.4, -0.2) is 39.8 Å². The Hall–Kier alpha value is -1.95. The van der Waals surface area contributed by atoms with Crippen LogP contribution in [0.25, 0.3) is 0 Å². The number of pyridine rings is 1. The predicted molar refractivity (Wildman–Crippen MR) is 81.7 cm³/mol. The quantitative estimate of drug-likeness (QED) is 0.865. The van der Waals surface area contributed by atoms with Crippen molar-refractivity contribution in [3.8, 4) is 5.75 Å². The lowest BCUT2D eigenvalue weighted by molar-refractivity contribution is 0.117. The van der Waals surface area contributed by atoms with E-state index in [9.17, 15) is 0 Å². The molecule has 0 amide bonds. The van der Waals surface area contributed by atoms with Crippen molar-refractivity contribution in [3.05, 3.63) is 35.8 Å². The van der Waals surface area contributed by atoms with Gasteiger partial charge in [-0.3, -0.25) is 9.88 Å². The molecule has 2 atom stereocenters. The Morgan fingerprint density at radius 1 is 1.41 bits per heavy atom. The van der Waals surface area contributed by atoms with Crippen LogP contribution in [0, 0.1) is 6.92 Å². The van der Waals surface area contributed by atoms with Gasteiger partial charge in [0.05, 0.1) is 13.0 Å². The van der Waals surface area contributed by atoms with E-state index in [2.05, 4.69) is 27.0 Å². The molecule has 3 heterocycles. The van der Waals surface area contributed by atoms with Crippen molar-refractivity contribution in [2.24, 2.45) is 0 Å². The zero-order chi connectivity index (χ0) is 15.5. The number of hydrogen-bond donors (Lipinski definition) is 0. The number of aryl methyl sites for hydroxylation is 1. The van der Waals surface area contributed by atoms with Crippen LogP contribution < -0.4 is 4.74 Å². The number of piperidine rings is 1. The summed E-state index contributed by atoms with van der Waals surface area (Å²) in [6.45, 7) is 5.94. The van der Waals surface area contributed by atoms with E-state index in [1.54, 1.807) is 13.3 Å². The van der Waals surface area contributed by atoms with E-state index in [-0.39, 0.29) is 5.92 Å². The Morgan fingerprint density at radius 3 is 3.00 bits per heavy atom. The fourth-order valence-electron chi connectivity index (χ4n) is 3.18. The molecule has 2 aromatic rings.